The number of ether oxygens (including phenoxy) is 1. The molecule has 7 nitrogen and oxygen atoms in total. The number of likely N-dealkylation sites (tertiary alicyclic amines) is 1. The van der Waals surface area contributed by atoms with E-state index >= 15 is 0 Å². The first-order valence-corrected chi connectivity index (χ1v) is 10.6. The first-order chi connectivity index (χ1) is 15.0. The van der Waals surface area contributed by atoms with Crippen molar-refractivity contribution in [1.82, 2.24) is 10.2 Å². The van der Waals surface area contributed by atoms with Gasteiger partial charge in [-0.15, -0.1) is 0 Å². The number of fused-ring (bicyclic) bond motifs is 1. The molecule has 1 saturated heterocycles. The number of carbonyl (C=O) groups excluding carboxylic acids is 3. The molecule has 1 aliphatic carbocycles. The second kappa shape index (κ2) is 9.31. The molecule has 1 aromatic rings. The second-order valence-electron chi connectivity index (χ2n) is 7.50. The predicted molar refractivity (Wildman–Crippen MR) is 117 cm³/mol. The summed E-state index contributed by atoms with van der Waals surface area (Å²) in [5, 5.41) is 3.40. The van der Waals surface area contributed by atoms with Crippen LogP contribution in [0.1, 0.15) is 24.8 Å². The van der Waals surface area contributed by atoms with E-state index in [0.717, 1.165) is 18.5 Å². The molecule has 3 amide bonds. The first kappa shape index (κ1) is 21.1. The van der Waals surface area contributed by atoms with Crippen LogP contribution < -0.4 is 5.32 Å². The van der Waals surface area contributed by atoms with Gasteiger partial charge in [0, 0.05) is 36.7 Å². The van der Waals surface area contributed by atoms with Crippen molar-refractivity contribution in [2.24, 2.45) is 4.99 Å². The van der Waals surface area contributed by atoms with E-state index in [0.29, 0.717) is 42.2 Å². The third-order valence-electron chi connectivity index (χ3n) is 5.21. The molecular weight excluding hydrogens is 418 g/mol. The minimum absolute atomic E-state index is 0.124. The van der Waals surface area contributed by atoms with E-state index in [1.807, 2.05) is 11.0 Å². The monoisotopic (exact) mass is 439 g/mol. The zero-order valence-corrected chi connectivity index (χ0v) is 17.6. The van der Waals surface area contributed by atoms with Crippen LogP contribution in [-0.2, 0) is 19.1 Å². The van der Waals surface area contributed by atoms with E-state index in [-0.39, 0.29) is 17.6 Å². The van der Waals surface area contributed by atoms with Gasteiger partial charge in [0.25, 0.3) is 5.91 Å². The molecule has 0 saturated carbocycles. The van der Waals surface area contributed by atoms with E-state index < -0.39 is 12.0 Å². The highest BCUT2D eigenvalue weighted by atomic mass is 35.5. The molecule has 1 unspecified atom stereocenters. The van der Waals surface area contributed by atoms with Crippen LogP contribution in [0, 0.1) is 0 Å². The number of benzene rings is 1. The van der Waals surface area contributed by atoms with Gasteiger partial charge in [-0.05, 0) is 54.8 Å². The summed E-state index contributed by atoms with van der Waals surface area (Å²) in [5.41, 5.74) is 1.54. The largest absolute Gasteiger partial charge is 0.474 e. The van der Waals surface area contributed by atoms with Crippen LogP contribution in [0.25, 0.3) is 6.08 Å². The predicted octanol–water partition coefficient (Wildman–Crippen LogP) is 2.67. The molecule has 0 bridgehead atoms. The van der Waals surface area contributed by atoms with Crippen molar-refractivity contribution in [1.29, 1.82) is 0 Å². The molecule has 0 radical (unpaired) electrons. The van der Waals surface area contributed by atoms with Gasteiger partial charge in [0.05, 0.1) is 5.71 Å². The fraction of sp³-hybridized carbons (Fsp3) is 0.304. The van der Waals surface area contributed by atoms with Gasteiger partial charge in [0.1, 0.15) is 0 Å². The quantitative estimate of drug-likeness (QED) is 0.545. The highest BCUT2D eigenvalue weighted by Crippen LogP contribution is 2.23. The van der Waals surface area contributed by atoms with E-state index in [9.17, 15) is 14.4 Å². The number of hydrogen-bond acceptors (Lipinski definition) is 4. The Labute approximate surface area is 185 Å². The molecule has 31 heavy (non-hydrogen) atoms. The summed E-state index contributed by atoms with van der Waals surface area (Å²) in [6.07, 6.45) is 8.22. The standard InChI is InChI=1S/C23H22ClN3O4/c24-17-5-1-4-15(12-17)13-20-23(30)26-18-14-16(7-8-19(18)31-20)22(29)25-9-3-11-27-10-2-6-21(27)28/h1,4-5,7-8,12-14,19H,2-3,6,9-11H2,(H,25,29)/b20-13-. The summed E-state index contributed by atoms with van der Waals surface area (Å²) in [6, 6.07) is 7.07. The molecule has 8 heteroatoms. The lowest BCUT2D eigenvalue weighted by atomic mass is 10.0. The molecule has 0 spiro atoms. The Bertz CT molecular complexity index is 1040. The Morgan fingerprint density at radius 2 is 2.23 bits per heavy atom. The van der Waals surface area contributed by atoms with Crippen LogP contribution in [0.3, 0.4) is 0 Å². The number of halogens is 1. The van der Waals surface area contributed by atoms with Gasteiger partial charge in [0.15, 0.2) is 11.9 Å². The molecule has 160 valence electrons. The number of nitrogens with one attached hydrogen (secondary N) is 1. The Hall–Kier alpha value is -3.19. The summed E-state index contributed by atoms with van der Waals surface area (Å²) >= 11 is 5.98. The van der Waals surface area contributed by atoms with Crippen molar-refractivity contribution in [3.05, 3.63) is 64.4 Å². The van der Waals surface area contributed by atoms with Gasteiger partial charge in [-0.1, -0.05) is 23.7 Å². The third kappa shape index (κ3) is 5.11. The maximum atomic E-state index is 12.4. The fourth-order valence-electron chi connectivity index (χ4n) is 3.63. The van der Waals surface area contributed by atoms with Crippen molar-refractivity contribution < 1.29 is 19.1 Å². The number of amides is 3. The lowest BCUT2D eigenvalue weighted by Crippen LogP contribution is -2.34. The molecule has 2 heterocycles. The molecule has 1 atom stereocenters. The maximum Gasteiger partial charge on any atom is 0.312 e. The minimum Gasteiger partial charge on any atom is -0.474 e. The highest BCUT2D eigenvalue weighted by molar-refractivity contribution is 6.30. The number of rotatable bonds is 6. The zero-order valence-electron chi connectivity index (χ0n) is 16.8. The molecule has 3 aliphatic rings. The Morgan fingerprint density at radius 3 is 3.00 bits per heavy atom. The number of nitrogens with zero attached hydrogens (tertiary/aromatic N) is 2. The summed E-state index contributed by atoms with van der Waals surface area (Å²) in [4.78, 5) is 42.3. The summed E-state index contributed by atoms with van der Waals surface area (Å²) in [7, 11) is 0. The summed E-state index contributed by atoms with van der Waals surface area (Å²) in [5.74, 6) is -0.455. The van der Waals surface area contributed by atoms with Crippen LogP contribution in [0.2, 0.25) is 5.02 Å². The van der Waals surface area contributed by atoms with Gasteiger partial charge < -0.3 is 15.0 Å². The van der Waals surface area contributed by atoms with Crippen molar-refractivity contribution in [3.63, 3.8) is 0 Å². The topological polar surface area (TPSA) is 88.1 Å². The van der Waals surface area contributed by atoms with E-state index in [1.54, 1.807) is 42.5 Å². The fourth-order valence-corrected chi connectivity index (χ4v) is 3.83. The summed E-state index contributed by atoms with van der Waals surface area (Å²) < 4.78 is 5.78. The van der Waals surface area contributed by atoms with Crippen LogP contribution in [0.15, 0.2) is 58.8 Å². The van der Waals surface area contributed by atoms with Crippen LogP contribution in [0.5, 0.6) is 0 Å². The molecule has 0 aromatic heterocycles. The van der Waals surface area contributed by atoms with Gasteiger partial charge in [0.2, 0.25) is 5.91 Å². The molecular formula is C23H22ClN3O4. The van der Waals surface area contributed by atoms with Gasteiger partial charge in [-0.2, -0.15) is 0 Å². The van der Waals surface area contributed by atoms with E-state index in [4.69, 9.17) is 16.3 Å². The molecule has 1 N–H and O–H groups in total. The van der Waals surface area contributed by atoms with E-state index in [1.165, 1.54) is 0 Å². The normalized spacial score (nSPS) is 21.5. The van der Waals surface area contributed by atoms with Gasteiger partial charge in [-0.3, -0.25) is 14.4 Å². The van der Waals surface area contributed by atoms with Crippen LogP contribution in [0.4, 0.5) is 0 Å². The highest BCUT2D eigenvalue weighted by Gasteiger charge is 2.29. The smallest absolute Gasteiger partial charge is 0.312 e. The summed E-state index contributed by atoms with van der Waals surface area (Å²) in [6.45, 7) is 1.90. The minimum atomic E-state index is -0.527. The number of hydrogen-bond donors (Lipinski definition) is 1. The molecule has 2 aliphatic heterocycles. The van der Waals surface area contributed by atoms with Crippen molar-refractivity contribution in [2.75, 3.05) is 19.6 Å². The molecule has 1 fully saturated rings. The van der Waals surface area contributed by atoms with E-state index in [2.05, 4.69) is 10.3 Å². The lowest BCUT2D eigenvalue weighted by Gasteiger charge is -2.24. The third-order valence-corrected chi connectivity index (χ3v) is 5.45. The van der Waals surface area contributed by atoms with Crippen molar-refractivity contribution in [2.45, 2.75) is 25.4 Å². The van der Waals surface area contributed by atoms with Crippen LogP contribution >= 0.6 is 11.6 Å². The average molecular weight is 440 g/mol. The number of aliphatic imine (C=N–C) groups is 1. The number of carbonyl (C=O) groups is 3. The van der Waals surface area contributed by atoms with Gasteiger partial charge >= 0.3 is 5.91 Å². The first-order valence-electron chi connectivity index (χ1n) is 10.2. The Morgan fingerprint density at radius 1 is 1.35 bits per heavy atom. The Balaban J connectivity index is 1.35. The zero-order chi connectivity index (χ0) is 21.8. The Kier molecular flexibility index (Phi) is 6.32. The SMILES string of the molecule is O=C(NCCCN1CCCC1=O)C1=CC2=NC(=O)/C(=C/c3cccc(Cl)c3)OC2C=C1. The molecule has 1 aromatic carbocycles. The second-order valence-corrected chi connectivity index (χ2v) is 7.93. The van der Waals surface area contributed by atoms with Crippen molar-refractivity contribution in [3.8, 4) is 0 Å². The van der Waals surface area contributed by atoms with Crippen LogP contribution in [-0.4, -0.2) is 54.1 Å². The van der Waals surface area contributed by atoms with Crippen molar-refractivity contribution >= 4 is 41.1 Å². The maximum absolute atomic E-state index is 12.4. The van der Waals surface area contributed by atoms with Gasteiger partial charge in [-0.25, -0.2) is 4.99 Å². The molecule has 4 rings (SSSR count). The lowest BCUT2D eigenvalue weighted by molar-refractivity contribution is -0.127. The average Bonchev–Trinajstić information content (AvgIpc) is 3.16.